The number of sulfonamides is 1. The lowest BCUT2D eigenvalue weighted by molar-refractivity contribution is 0.0828. The molecule has 0 spiro atoms. The summed E-state index contributed by atoms with van der Waals surface area (Å²) in [6, 6.07) is 10.2. The van der Waals surface area contributed by atoms with Crippen LogP contribution < -0.4 is 4.72 Å². The van der Waals surface area contributed by atoms with Crippen LogP contribution in [0.5, 0.6) is 0 Å². The second-order valence-electron chi connectivity index (χ2n) is 4.96. The molecule has 23 heavy (non-hydrogen) atoms. The van der Waals surface area contributed by atoms with Gasteiger partial charge in [-0.1, -0.05) is 29.3 Å². The Labute approximate surface area is 144 Å². The number of benzene rings is 2. The largest absolute Gasteiger partial charge is 0.345 e. The maximum absolute atomic E-state index is 12.3. The summed E-state index contributed by atoms with van der Waals surface area (Å²) in [7, 11) is -0.579. The lowest BCUT2D eigenvalue weighted by Crippen LogP contribution is -2.22. The zero-order valence-corrected chi connectivity index (χ0v) is 14.7. The van der Waals surface area contributed by atoms with E-state index in [0.717, 1.165) is 0 Å². The molecule has 8 heteroatoms. The van der Waals surface area contributed by atoms with Crippen molar-refractivity contribution in [2.75, 3.05) is 18.8 Å². The Bertz CT molecular complexity index is 852. The monoisotopic (exact) mass is 372 g/mol. The van der Waals surface area contributed by atoms with Gasteiger partial charge >= 0.3 is 0 Å². The first kappa shape index (κ1) is 17.6. The molecule has 0 unspecified atom stereocenters. The number of carbonyl (C=O) groups is 1. The van der Waals surface area contributed by atoms with Crippen LogP contribution in [0.3, 0.4) is 0 Å². The first-order valence-electron chi connectivity index (χ1n) is 6.50. The molecule has 0 bridgehead atoms. The van der Waals surface area contributed by atoms with Crippen LogP contribution in [0.1, 0.15) is 10.4 Å². The van der Waals surface area contributed by atoms with E-state index in [2.05, 4.69) is 4.72 Å². The summed E-state index contributed by atoms with van der Waals surface area (Å²) in [5.41, 5.74) is 0.549. The molecule has 2 aromatic carbocycles. The zero-order valence-electron chi connectivity index (χ0n) is 12.4. The Morgan fingerprint density at radius 2 is 1.78 bits per heavy atom. The van der Waals surface area contributed by atoms with E-state index in [1.807, 2.05) is 0 Å². The van der Waals surface area contributed by atoms with Crippen LogP contribution in [-0.4, -0.2) is 33.3 Å². The number of amides is 1. The number of nitrogens with zero attached hydrogens (tertiary/aromatic N) is 1. The number of hydrogen-bond acceptors (Lipinski definition) is 3. The highest BCUT2D eigenvalue weighted by Crippen LogP contribution is 2.24. The highest BCUT2D eigenvalue weighted by atomic mass is 35.5. The molecule has 0 aliphatic carbocycles. The van der Waals surface area contributed by atoms with Crippen LogP contribution in [-0.2, 0) is 10.0 Å². The van der Waals surface area contributed by atoms with Crippen molar-refractivity contribution < 1.29 is 13.2 Å². The van der Waals surface area contributed by atoms with E-state index in [0.29, 0.717) is 10.6 Å². The van der Waals surface area contributed by atoms with Gasteiger partial charge in [0.25, 0.3) is 15.9 Å². The standard InChI is InChI=1S/C15H14Cl2N2O3S/c1-19(2)15(20)13-7-6-11(9-14(13)17)18-23(21,22)12-5-3-4-10(16)8-12/h3-9,18H,1-2H3. The van der Waals surface area contributed by atoms with Crippen molar-refractivity contribution >= 4 is 44.8 Å². The van der Waals surface area contributed by atoms with Gasteiger partial charge in [0.15, 0.2) is 0 Å². The molecule has 0 aliphatic rings. The molecule has 0 radical (unpaired) electrons. The molecule has 0 aliphatic heterocycles. The quantitative estimate of drug-likeness (QED) is 0.892. The van der Waals surface area contributed by atoms with Crippen LogP contribution in [0.4, 0.5) is 5.69 Å². The van der Waals surface area contributed by atoms with Crippen molar-refractivity contribution in [1.82, 2.24) is 4.90 Å². The maximum Gasteiger partial charge on any atom is 0.261 e. The van der Waals surface area contributed by atoms with Crippen LogP contribution in [0.25, 0.3) is 0 Å². The molecule has 1 N–H and O–H groups in total. The molecule has 5 nitrogen and oxygen atoms in total. The lowest BCUT2D eigenvalue weighted by atomic mass is 10.2. The third-order valence-electron chi connectivity index (χ3n) is 2.96. The smallest absolute Gasteiger partial charge is 0.261 e. The zero-order chi connectivity index (χ0) is 17.2. The van der Waals surface area contributed by atoms with Crippen LogP contribution >= 0.6 is 23.2 Å². The van der Waals surface area contributed by atoms with Crippen LogP contribution in [0.2, 0.25) is 10.0 Å². The Balaban J connectivity index is 2.30. The fraction of sp³-hybridized carbons (Fsp3) is 0.133. The average molecular weight is 373 g/mol. The fourth-order valence-electron chi connectivity index (χ4n) is 1.84. The number of anilines is 1. The minimum atomic E-state index is -3.79. The minimum absolute atomic E-state index is 0.0366. The Hall–Kier alpha value is -1.76. The Kier molecular flexibility index (Phi) is 5.19. The van der Waals surface area contributed by atoms with E-state index >= 15 is 0 Å². The summed E-state index contributed by atoms with van der Waals surface area (Å²) >= 11 is 11.9. The summed E-state index contributed by atoms with van der Waals surface area (Å²) in [5, 5.41) is 0.479. The minimum Gasteiger partial charge on any atom is -0.345 e. The average Bonchev–Trinajstić information content (AvgIpc) is 2.46. The summed E-state index contributed by atoms with van der Waals surface area (Å²) in [6.45, 7) is 0. The van der Waals surface area contributed by atoms with Crippen molar-refractivity contribution in [3.05, 3.63) is 58.1 Å². The molecular formula is C15H14Cl2N2O3S. The molecule has 0 saturated carbocycles. The third-order valence-corrected chi connectivity index (χ3v) is 4.89. The van der Waals surface area contributed by atoms with Gasteiger partial charge in [0.05, 0.1) is 21.2 Å². The lowest BCUT2D eigenvalue weighted by Gasteiger charge is -2.13. The highest BCUT2D eigenvalue weighted by Gasteiger charge is 2.17. The summed E-state index contributed by atoms with van der Waals surface area (Å²) < 4.78 is 27.0. The van der Waals surface area contributed by atoms with Gasteiger partial charge in [0, 0.05) is 19.1 Å². The molecule has 0 atom stereocenters. The van der Waals surface area contributed by atoms with Crippen molar-refractivity contribution in [3.63, 3.8) is 0 Å². The predicted octanol–water partition coefficient (Wildman–Crippen LogP) is 3.50. The van der Waals surface area contributed by atoms with Gasteiger partial charge in [-0.25, -0.2) is 8.42 Å². The molecule has 122 valence electrons. The second kappa shape index (κ2) is 6.78. The SMILES string of the molecule is CN(C)C(=O)c1ccc(NS(=O)(=O)c2cccc(Cl)c2)cc1Cl. The van der Waals surface area contributed by atoms with E-state index in [-0.39, 0.29) is 21.5 Å². The third kappa shape index (κ3) is 4.16. The summed E-state index contributed by atoms with van der Waals surface area (Å²) in [4.78, 5) is 13.3. The molecule has 2 aromatic rings. The van der Waals surface area contributed by atoms with Crippen molar-refractivity contribution in [1.29, 1.82) is 0 Å². The molecule has 0 heterocycles. The predicted molar refractivity (Wildman–Crippen MR) is 91.7 cm³/mol. The van der Waals surface area contributed by atoms with Crippen LogP contribution in [0, 0.1) is 0 Å². The molecular weight excluding hydrogens is 359 g/mol. The van der Waals surface area contributed by atoms with E-state index in [1.54, 1.807) is 26.2 Å². The first-order valence-corrected chi connectivity index (χ1v) is 8.74. The van der Waals surface area contributed by atoms with Gasteiger partial charge in [-0.05, 0) is 36.4 Å². The molecule has 0 aromatic heterocycles. The number of rotatable bonds is 4. The summed E-state index contributed by atoms with van der Waals surface area (Å²) in [6.07, 6.45) is 0. The van der Waals surface area contributed by atoms with E-state index in [9.17, 15) is 13.2 Å². The van der Waals surface area contributed by atoms with Crippen molar-refractivity contribution in [2.45, 2.75) is 4.90 Å². The molecule has 0 fully saturated rings. The van der Waals surface area contributed by atoms with E-state index in [1.165, 1.54) is 35.2 Å². The number of nitrogens with one attached hydrogen (secondary N) is 1. The molecule has 0 saturated heterocycles. The van der Waals surface area contributed by atoms with Gasteiger partial charge in [-0.2, -0.15) is 0 Å². The van der Waals surface area contributed by atoms with Crippen LogP contribution in [0.15, 0.2) is 47.4 Å². The van der Waals surface area contributed by atoms with Crippen molar-refractivity contribution in [3.8, 4) is 0 Å². The van der Waals surface area contributed by atoms with Gasteiger partial charge < -0.3 is 4.90 Å². The molecule has 2 rings (SSSR count). The van der Waals surface area contributed by atoms with Gasteiger partial charge in [-0.15, -0.1) is 0 Å². The second-order valence-corrected chi connectivity index (χ2v) is 7.48. The van der Waals surface area contributed by atoms with Gasteiger partial charge in [0.1, 0.15) is 0 Å². The van der Waals surface area contributed by atoms with Gasteiger partial charge in [-0.3, -0.25) is 9.52 Å². The summed E-state index contributed by atoms with van der Waals surface area (Å²) in [5.74, 6) is -0.265. The Morgan fingerprint density at radius 3 is 2.35 bits per heavy atom. The van der Waals surface area contributed by atoms with E-state index in [4.69, 9.17) is 23.2 Å². The fourth-order valence-corrected chi connectivity index (χ4v) is 3.45. The number of hydrogen-bond donors (Lipinski definition) is 1. The number of halogens is 2. The first-order chi connectivity index (χ1) is 10.7. The normalized spacial score (nSPS) is 11.1. The van der Waals surface area contributed by atoms with E-state index < -0.39 is 10.0 Å². The molecule has 1 amide bonds. The van der Waals surface area contributed by atoms with Crippen molar-refractivity contribution in [2.24, 2.45) is 0 Å². The Morgan fingerprint density at radius 1 is 1.09 bits per heavy atom. The number of carbonyl (C=O) groups excluding carboxylic acids is 1. The topological polar surface area (TPSA) is 66.5 Å². The maximum atomic E-state index is 12.3. The van der Waals surface area contributed by atoms with Gasteiger partial charge in [0.2, 0.25) is 0 Å². The highest BCUT2D eigenvalue weighted by molar-refractivity contribution is 7.92.